The van der Waals surface area contributed by atoms with E-state index in [1.54, 1.807) is 0 Å². The molecule has 0 aliphatic carbocycles. The first-order valence-corrected chi connectivity index (χ1v) is 10.7. The number of ether oxygens (including phenoxy) is 2. The quantitative estimate of drug-likeness (QED) is 0.733. The van der Waals surface area contributed by atoms with Gasteiger partial charge in [-0.05, 0) is 55.7 Å². The molecule has 160 valence electrons. The number of fused-ring (bicyclic) bond motifs is 1. The molecule has 2 aromatic rings. The Kier molecular flexibility index (Phi) is 6.13. The maximum atomic E-state index is 12.9. The lowest BCUT2D eigenvalue weighted by Crippen LogP contribution is -2.50. The Labute approximate surface area is 179 Å². The molecule has 6 nitrogen and oxygen atoms in total. The highest BCUT2D eigenvalue weighted by atomic mass is 16.7. The Morgan fingerprint density at radius 3 is 2.57 bits per heavy atom. The fourth-order valence-electron chi connectivity index (χ4n) is 4.15. The van der Waals surface area contributed by atoms with Gasteiger partial charge in [0, 0.05) is 45.0 Å². The molecule has 0 bridgehead atoms. The van der Waals surface area contributed by atoms with E-state index in [-0.39, 0.29) is 12.7 Å². The maximum absolute atomic E-state index is 12.9. The molecule has 0 atom stereocenters. The minimum atomic E-state index is 0.176. The third-order valence-electron chi connectivity index (χ3n) is 6.19. The van der Waals surface area contributed by atoms with Gasteiger partial charge < -0.3 is 19.3 Å². The average molecular weight is 410 g/mol. The molecule has 1 amide bonds. The van der Waals surface area contributed by atoms with Crippen molar-refractivity contribution in [1.29, 1.82) is 0 Å². The number of carbonyl (C=O) groups excluding carboxylic acids is 1. The third-order valence-corrected chi connectivity index (χ3v) is 6.19. The van der Waals surface area contributed by atoms with Crippen LogP contribution in [0.5, 0.6) is 11.5 Å². The first kappa shape index (κ1) is 20.5. The van der Waals surface area contributed by atoms with Crippen molar-refractivity contribution in [3.8, 4) is 11.5 Å². The highest BCUT2D eigenvalue weighted by molar-refractivity contribution is 5.78. The van der Waals surface area contributed by atoms with Crippen molar-refractivity contribution in [3.05, 3.63) is 53.1 Å². The first-order chi connectivity index (χ1) is 14.5. The van der Waals surface area contributed by atoms with Crippen LogP contribution in [0.2, 0.25) is 0 Å². The van der Waals surface area contributed by atoms with Crippen LogP contribution in [0, 0.1) is 13.8 Å². The van der Waals surface area contributed by atoms with Crippen LogP contribution >= 0.6 is 0 Å². The molecule has 6 heteroatoms. The lowest BCUT2D eigenvalue weighted by atomic mass is 10.1. The van der Waals surface area contributed by atoms with E-state index in [1.165, 1.54) is 16.8 Å². The van der Waals surface area contributed by atoms with Crippen LogP contribution < -0.4 is 14.4 Å². The van der Waals surface area contributed by atoms with E-state index < -0.39 is 0 Å². The van der Waals surface area contributed by atoms with E-state index in [0.717, 1.165) is 43.2 Å². The molecule has 0 aromatic heterocycles. The molecule has 2 aromatic carbocycles. The van der Waals surface area contributed by atoms with Crippen molar-refractivity contribution >= 4 is 11.6 Å². The van der Waals surface area contributed by atoms with Gasteiger partial charge >= 0.3 is 0 Å². The van der Waals surface area contributed by atoms with Gasteiger partial charge in [0.05, 0.1) is 6.54 Å². The van der Waals surface area contributed by atoms with Crippen LogP contribution in [-0.4, -0.2) is 61.8 Å². The van der Waals surface area contributed by atoms with Gasteiger partial charge in [-0.15, -0.1) is 0 Å². The summed E-state index contributed by atoms with van der Waals surface area (Å²) >= 11 is 0. The van der Waals surface area contributed by atoms with Gasteiger partial charge in [-0.25, -0.2) is 0 Å². The summed E-state index contributed by atoms with van der Waals surface area (Å²) in [5.74, 6) is 1.71. The SMILES string of the molecule is CCN(Cc1ccc2c(c1)OCO2)C(=O)CN1CCN(c2cccc(C)c2C)CC1. The first-order valence-electron chi connectivity index (χ1n) is 10.7. The van der Waals surface area contributed by atoms with Gasteiger partial charge in [-0.2, -0.15) is 0 Å². The number of piperazine rings is 1. The monoisotopic (exact) mass is 409 g/mol. The van der Waals surface area contributed by atoms with Gasteiger partial charge in [0.1, 0.15) is 0 Å². The number of rotatable bonds is 6. The highest BCUT2D eigenvalue weighted by Crippen LogP contribution is 2.32. The summed E-state index contributed by atoms with van der Waals surface area (Å²) in [6, 6.07) is 12.4. The molecule has 1 saturated heterocycles. The minimum absolute atomic E-state index is 0.176. The van der Waals surface area contributed by atoms with Crippen LogP contribution in [0.1, 0.15) is 23.6 Å². The van der Waals surface area contributed by atoms with Crippen LogP contribution in [0.3, 0.4) is 0 Å². The van der Waals surface area contributed by atoms with E-state index in [1.807, 2.05) is 30.0 Å². The number of aryl methyl sites for hydroxylation is 1. The van der Waals surface area contributed by atoms with Crippen molar-refractivity contribution in [2.24, 2.45) is 0 Å². The molecule has 2 aliphatic rings. The number of anilines is 1. The van der Waals surface area contributed by atoms with Gasteiger partial charge in [0.15, 0.2) is 11.5 Å². The molecule has 30 heavy (non-hydrogen) atoms. The number of benzene rings is 2. The second-order valence-electron chi connectivity index (χ2n) is 8.08. The largest absolute Gasteiger partial charge is 0.454 e. The zero-order valence-corrected chi connectivity index (χ0v) is 18.2. The number of hydrogen-bond donors (Lipinski definition) is 0. The Bertz CT molecular complexity index is 907. The summed E-state index contributed by atoms with van der Waals surface area (Å²) in [5, 5.41) is 0. The second kappa shape index (κ2) is 8.96. The van der Waals surface area contributed by atoms with E-state index in [0.29, 0.717) is 19.6 Å². The summed E-state index contributed by atoms with van der Waals surface area (Å²) in [5.41, 5.74) is 5.06. The standard InChI is InChI=1S/C24H31N3O3/c1-4-26(15-20-8-9-22-23(14-20)30-17-29-22)24(28)16-25-10-12-27(13-11-25)21-7-5-6-18(2)19(21)3/h5-9,14H,4,10-13,15-17H2,1-3H3. The molecule has 0 spiro atoms. The highest BCUT2D eigenvalue weighted by Gasteiger charge is 2.23. The van der Waals surface area contributed by atoms with Gasteiger partial charge in [-0.1, -0.05) is 18.2 Å². The molecule has 2 aliphatic heterocycles. The maximum Gasteiger partial charge on any atom is 0.237 e. The zero-order chi connectivity index (χ0) is 21.1. The van der Waals surface area contributed by atoms with Gasteiger partial charge in [0.25, 0.3) is 0 Å². The average Bonchev–Trinajstić information content (AvgIpc) is 3.22. The van der Waals surface area contributed by atoms with E-state index in [4.69, 9.17) is 9.47 Å². The van der Waals surface area contributed by atoms with Crippen LogP contribution in [0.4, 0.5) is 5.69 Å². The Morgan fingerprint density at radius 2 is 1.80 bits per heavy atom. The molecule has 0 saturated carbocycles. The van der Waals surface area contributed by atoms with E-state index in [2.05, 4.69) is 41.8 Å². The molecule has 2 heterocycles. The molecule has 4 rings (SSSR count). The molecular formula is C24H31N3O3. The Morgan fingerprint density at radius 1 is 1.03 bits per heavy atom. The summed E-state index contributed by atoms with van der Waals surface area (Å²) in [4.78, 5) is 19.6. The fourth-order valence-corrected chi connectivity index (χ4v) is 4.15. The Hall–Kier alpha value is -2.73. The van der Waals surface area contributed by atoms with Crippen molar-refractivity contribution in [2.45, 2.75) is 27.3 Å². The number of nitrogens with zero attached hydrogens (tertiary/aromatic N) is 3. The predicted molar refractivity (Wildman–Crippen MR) is 118 cm³/mol. The van der Waals surface area contributed by atoms with Gasteiger partial charge in [0.2, 0.25) is 12.7 Å². The molecule has 1 fully saturated rings. The predicted octanol–water partition coefficient (Wildman–Crippen LogP) is 3.20. The molecular weight excluding hydrogens is 378 g/mol. The third kappa shape index (κ3) is 4.38. The van der Waals surface area contributed by atoms with E-state index >= 15 is 0 Å². The molecule has 0 radical (unpaired) electrons. The zero-order valence-electron chi connectivity index (χ0n) is 18.2. The summed E-state index contributed by atoms with van der Waals surface area (Å²) in [7, 11) is 0. The number of amides is 1. The van der Waals surface area contributed by atoms with Crippen LogP contribution in [0.25, 0.3) is 0 Å². The van der Waals surface area contributed by atoms with Crippen molar-refractivity contribution in [2.75, 3.05) is 51.0 Å². The normalized spacial score (nSPS) is 16.0. The topological polar surface area (TPSA) is 45.3 Å². The number of likely N-dealkylation sites (N-methyl/N-ethyl adjacent to an activating group) is 1. The van der Waals surface area contributed by atoms with Crippen LogP contribution in [-0.2, 0) is 11.3 Å². The molecule has 0 unspecified atom stereocenters. The lowest BCUT2D eigenvalue weighted by molar-refractivity contribution is -0.132. The smallest absolute Gasteiger partial charge is 0.237 e. The Balaban J connectivity index is 1.31. The second-order valence-corrected chi connectivity index (χ2v) is 8.08. The van der Waals surface area contributed by atoms with Crippen LogP contribution in [0.15, 0.2) is 36.4 Å². The number of hydrogen-bond acceptors (Lipinski definition) is 5. The fraction of sp³-hybridized carbons (Fsp3) is 0.458. The van der Waals surface area contributed by atoms with Crippen molar-refractivity contribution < 1.29 is 14.3 Å². The summed E-state index contributed by atoms with van der Waals surface area (Å²) in [6.45, 7) is 12.1. The van der Waals surface area contributed by atoms with Crippen molar-refractivity contribution in [1.82, 2.24) is 9.80 Å². The summed E-state index contributed by atoms with van der Waals surface area (Å²) < 4.78 is 10.8. The minimum Gasteiger partial charge on any atom is -0.454 e. The van der Waals surface area contributed by atoms with Gasteiger partial charge in [-0.3, -0.25) is 9.69 Å². The summed E-state index contributed by atoms with van der Waals surface area (Å²) in [6.07, 6.45) is 0. The number of carbonyl (C=O) groups is 1. The molecule has 0 N–H and O–H groups in total. The van der Waals surface area contributed by atoms with E-state index in [9.17, 15) is 4.79 Å². The van der Waals surface area contributed by atoms with Crippen molar-refractivity contribution in [3.63, 3.8) is 0 Å². The lowest BCUT2D eigenvalue weighted by Gasteiger charge is -2.37.